The smallest absolute Gasteiger partial charge is 0.356 e. The fraction of sp³-hybridized carbons (Fsp3) is 0.500. The molecule has 2 aliphatic rings. The summed E-state index contributed by atoms with van der Waals surface area (Å²) in [6.07, 6.45) is -0.157. The fourth-order valence-corrected chi connectivity index (χ4v) is 3.56. The number of carboxylic acid groups (broad SMARTS) is 1. The summed E-state index contributed by atoms with van der Waals surface area (Å²) in [5.41, 5.74) is -0.362. The minimum atomic E-state index is -3.53. The van der Waals surface area contributed by atoms with Crippen LogP contribution < -0.4 is 0 Å². The van der Waals surface area contributed by atoms with E-state index in [1.165, 1.54) is 7.11 Å². The van der Waals surface area contributed by atoms with Crippen molar-refractivity contribution in [2.75, 3.05) is 12.9 Å². The van der Waals surface area contributed by atoms with Crippen LogP contribution >= 0.6 is 0 Å². The zero-order valence-corrected chi connectivity index (χ0v) is 9.15. The molecule has 1 unspecified atom stereocenters. The normalized spacial score (nSPS) is 27.2. The van der Waals surface area contributed by atoms with Gasteiger partial charge in [0.15, 0.2) is 15.5 Å². The monoisotopic (exact) mass is 247 g/mol. The third-order valence-corrected chi connectivity index (χ3v) is 4.48. The van der Waals surface area contributed by atoms with Crippen molar-refractivity contribution in [1.29, 1.82) is 0 Å². The van der Waals surface area contributed by atoms with Gasteiger partial charge in [0, 0.05) is 0 Å². The molecule has 0 radical (unpaired) electrons. The van der Waals surface area contributed by atoms with Gasteiger partial charge in [0.2, 0.25) is 5.91 Å². The number of fused-ring (bicyclic) bond motifs is 1. The summed E-state index contributed by atoms with van der Waals surface area (Å²) < 4.78 is 28.0. The van der Waals surface area contributed by atoms with Crippen LogP contribution in [0.25, 0.3) is 0 Å². The fourth-order valence-electron chi connectivity index (χ4n) is 1.80. The van der Waals surface area contributed by atoms with Gasteiger partial charge in [-0.15, -0.1) is 0 Å². The molecule has 0 aromatic heterocycles. The van der Waals surface area contributed by atoms with Crippen molar-refractivity contribution in [1.82, 2.24) is 4.90 Å². The molecule has 0 bridgehead atoms. The molecular formula is C8H9NO6S. The van der Waals surface area contributed by atoms with Crippen molar-refractivity contribution >= 4 is 21.7 Å². The minimum Gasteiger partial charge on any atom is -0.498 e. The lowest BCUT2D eigenvalue weighted by molar-refractivity contribution is -0.146. The van der Waals surface area contributed by atoms with E-state index >= 15 is 0 Å². The molecule has 1 atom stereocenters. The lowest BCUT2D eigenvalue weighted by Crippen LogP contribution is -2.60. The highest BCUT2D eigenvalue weighted by Gasteiger charge is 2.53. The van der Waals surface area contributed by atoms with E-state index in [4.69, 9.17) is 9.84 Å². The lowest BCUT2D eigenvalue weighted by atomic mass is 10.1. The molecule has 7 nitrogen and oxygen atoms in total. The number of hydrogen-bond donors (Lipinski definition) is 1. The molecule has 2 aliphatic heterocycles. The summed E-state index contributed by atoms with van der Waals surface area (Å²) in [6, 6.07) is 0. The van der Waals surface area contributed by atoms with E-state index < -0.39 is 32.8 Å². The van der Waals surface area contributed by atoms with E-state index in [-0.39, 0.29) is 17.9 Å². The zero-order chi connectivity index (χ0) is 12.1. The van der Waals surface area contributed by atoms with Crippen LogP contribution in [0.2, 0.25) is 0 Å². The van der Waals surface area contributed by atoms with Crippen LogP contribution in [0.5, 0.6) is 0 Å². The average Bonchev–Trinajstić information content (AvgIpc) is 2.17. The van der Waals surface area contributed by atoms with E-state index in [2.05, 4.69) is 0 Å². The molecule has 0 saturated carbocycles. The van der Waals surface area contributed by atoms with Crippen LogP contribution in [-0.2, 0) is 24.2 Å². The standard InChI is InChI=1S/C8H9NO6S/c1-15-4-3-16(13,14)6-2-5(10)9(6)7(4)8(11)12/h6H,2-3H2,1H3,(H,11,12). The number of rotatable bonds is 2. The first-order valence-corrected chi connectivity index (χ1v) is 6.14. The zero-order valence-electron chi connectivity index (χ0n) is 8.34. The number of methoxy groups -OCH3 is 1. The molecular weight excluding hydrogens is 238 g/mol. The number of carbonyl (C=O) groups is 2. The van der Waals surface area contributed by atoms with E-state index in [1.54, 1.807) is 0 Å². The van der Waals surface area contributed by atoms with E-state index in [0.29, 0.717) is 0 Å². The third-order valence-electron chi connectivity index (χ3n) is 2.61. The lowest BCUT2D eigenvalue weighted by Gasteiger charge is -2.42. The number of sulfone groups is 1. The molecule has 1 saturated heterocycles. The second kappa shape index (κ2) is 3.21. The van der Waals surface area contributed by atoms with Crippen LogP contribution in [0.15, 0.2) is 11.5 Å². The quantitative estimate of drug-likeness (QED) is 0.622. The Morgan fingerprint density at radius 2 is 2.19 bits per heavy atom. The number of carbonyl (C=O) groups excluding carboxylic acids is 1. The van der Waals surface area contributed by atoms with E-state index in [0.717, 1.165) is 4.90 Å². The van der Waals surface area contributed by atoms with Gasteiger partial charge in [-0.25, -0.2) is 13.2 Å². The first-order chi connectivity index (χ1) is 7.38. The van der Waals surface area contributed by atoms with Crippen LogP contribution in [0, 0.1) is 0 Å². The Labute approximate surface area is 91.2 Å². The maximum Gasteiger partial charge on any atom is 0.356 e. The van der Waals surface area contributed by atoms with E-state index in [1.807, 2.05) is 0 Å². The van der Waals surface area contributed by atoms with E-state index in [9.17, 15) is 18.0 Å². The largest absolute Gasteiger partial charge is 0.498 e. The summed E-state index contributed by atoms with van der Waals surface area (Å²) in [5, 5.41) is 7.89. The summed E-state index contributed by atoms with van der Waals surface area (Å²) in [6.45, 7) is 0. The van der Waals surface area contributed by atoms with Crippen molar-refractivity contribution in [3.63, 3.8) is 0 Å². The molecule has 16 heavy (non-hydrogen) atoms. The Balaban J connectivity index is 2.57. The second-order valence-electron chi connectivity index (χ2n) is 3.51. The van der Waals surface area contributed by atoms with Gasteiger partial charge in [-0.1, -0.05) is 0 Å². The van der Waals surface area contributed by atoms with Gasteiger partial charge in [-0.3, -0.25) is 9.69 Å². The summed E-state index contributed by atoms with van der Waals surface area (Å²) >= 11 is 0. The molecule has 0 spiro atoms. The Bertz CT molecular complexity index is 505. The number of aliphatic carboxylic acids is 1. The Morgan fingerprint density at radius 3 is 2.62 bits per heavy atom. The first kappa shape index (κ1) is 10.9. The molecule has 2 heterocycles. The summed E-state index contributed by atoms with van der Waals surface area (Å²) in [7, 11) is -2.35. The van der Waals surface area contributed by atoms with Crippen molar-refractivity contribution in [2.24, 2.45) is 0 Å². The maximum absolute atomic E-state index is 11.6. The molecule has 2 rings (SSSR count). The highest BCUT2D eigenvalue weighted by molar-refractivity contribution is 7.92. The van der Waals surface area contributed by atoms with Gasteiger partial charge in [-0.2, -0.15) is 0 Å². The molecule has 0 aliphatic carbocycles. The van der Waals surface area contributed by atoms with Crippen LogP contribution in [0.1, 0.15) is 6.42 Å². The van der Waals surface area contributed by atoms with Crippen molar-refractivity contribution in [3.8, 4) is 0 Å². The van der Waals surface area contributed by atoms with Crippen molar-refractivity contribution in [2.45, 2.75) is 11.8 Å². The molecule has 0 aromatic carbocycles. The first-order valence-electron chi connectivity index (χ1n) is 4.42. The van der Waals surface area contributed by atoms with Crippen LogP contribution in [0.3, 0.4) is 0 Å². The number of amides is 1. The van der Waals surface area contributed by atoms with Crippen LogP contribution in [-0.4, -0.2) is 48.5 Å². The number of carboxylic acids is 1. The predicted molar refractivity (Wildman–Crippen MR) is 50.7 cm³/mol. The Hall–Kier alpha value is -1.57. The van der Waals surface area contributed by atoms with Crippen molar-refractivity contribution < 1.29 is 27.9 Å². The predicted octanol–water partition coefficient (Wildman–Crippen LogP) is -1.08. The number of hydrogen-bond acceptors (Lipinski definition) is 5. The number of ether oxygens (including phenoxy) is 1. The highest BCUT2D eigenvalue weighted by Crippen LogP contribution is 2.36. The topological polar surface area (TPSA) is 101 Å². The number of nitrogens with zero attached hydrogens (tertiary/aromatic N) is 1. The Kier molecular flexibility index (Phi) is 2.19. The summed E-state index contributed by atoms with van der Waals surface area (Å²) in [5.74, 6) is -2.54. The Morgan fingerprint density at radius 1 is 1.56 bits per heavy atom. The van der Waals surface area contributed by atoms with Gasteiger partial charge < -0.3 is 9.84 Å². The molecule has 1 N–H and O–H groups in total. The van der Waals surface area contributed by atoms with Crippen molar-refractivity contribution in [3.05, 3.63) is 11.5 Å². The third kappa shape index (κ3) is 1.29. The minimum absolute atomic E-state index is 0.157. The molecule has 0 aromatic rings. The summed E-state index contributed by atoms with van der Waals surface area (Å²) in [4.78, 5) is 23.0. The second-order valence-corrected chi connectivity index (χ2v) is 5.67. The van der Waals surface area contributed by atoms with Crippen LogP contribution in [0.4, 0.5) is 0 Å². The van der Waals surface area contributed by atoms with Gasteiger partial charge in [0.05, 0.1) is 13.5 Å². The number of β-lactam (4-membered cyclic amide) rings is 1. The molecule has 88 valence electrons. The van der Waals surface area contributed by atoms with Gasteiger partial charge in [0.25, 0.3) is 0 Å². The molecule has 8 heteroatoms. The SMILES string of the molecule is COC1=C(C(=O)O)N2C(=O)CC2S(=O)(=O)C1. The van der Waals surface area contributed by atoms with Gasteiger partial charge in [-0.05, 0) is 0 Å². The van der Waals surface area contributed by atoms with Gasteiger partial charge in [0.1, 0.15) is 16.9 Å². The highest BCUT2D eigenvalue weighted by atomic mass is 32.2. The molecule has 1 fully saturated rings. The average molecular weight is 247 g/mol. The molecule has 1 amide bonds. The maximum atomic E-state index is 11.6. The van der Waals surface area contributed by atoms with Gasteiger partial charge >= 0.3 is 5.97 Å².